The van der Waals surface area contributed by atoms with E-state index in [9.17, 15) is 24.6 Å². The van der Waals surface area contributed by atoms with Crippen LogP contribution in [0.2, 0.25) is 0 Å². The lowest BCUT2D eigenvalue weighted by atomic mass is 9.46. The van der Waals surface area contributed by atoms with Gasteiger partial charge in [-0.15, -0.1) is 0 Å². The van der Waals surface area contributed by atoms with Crippen molar-refractivity contribution < 1.29 is 48.0 Å². The number of hydrogen-bond acceptors (Lipinski definition) is 10. The Hall–Kier alpha value is -3.11. The number of cyclic esters (lactones) is 1. The molecule has 1 saturated carbocycles. The lowest BCUT2D eigenvalue weighted by Crippen LogP contribution is -2.67. The molecule has 1 aromatic rings. The molecule has 10 nitrogen and oxygen atoms in total. The minimum absolute atomic E-state index is 0.0561. The van der Waals surface area contributed by atoms with Gasteiger partial charge in [-0.25, -0.2) is 4.79 Å². The molecular weight excluding hydrogens is 508 g/mol. The molecule has 10 heteroatoms. The van der Waals surface area contributed by atoms with E-state index in [-0.39, 0.29) is 6.42 Å². The SMILES string of the molecule is COC(=O)CC1C(C)(C)C(OC(C)=O)C(O)C2OC3=C(C)C4=CC(=O)OC(c5ccoc5)C4(C)C(O)C3C21C. The first-order valence-electron chi connectivity index (χ1n) is 13.1. The van der Waals surface area contributed by atoms with Crippen molar-refractivity contribution >= 4 is 17.9 Å². The van der Waals surface area contributed by atoms with Gasteiger partial charge < -0.3 is 33.6 Å². The number of ether oxygens (including phenoxy) is 4. The normalized spacial score (nSPS) is 40.4. The first-order chi connectivity index (χ1) is 18.2. The first kappa shape index (κ1) is 27.5. The number of aliphatic hydroxyl groups is 2. The largest absolute Gasteiger partial charge is 0.491 e. The maximum atomic E-state index is 12.8. The Morgan fingerprint density at radius 3 is 2.41 bits per heavy atom. The maximum Gasteiger partial charge on any atom is 0.331 e. The van der Waals surface area contributed by atoms with Gasteiger partial charge in [0.05, 0.1) is 37.1 Å². The number of furan rings is 1. The van der Waals surface area contributed by atoms with Crippen molar-refractivity contribution in [2.24, 2.45) is 28.1 Å². The fourth-order valence-electron chi connectivity index (χ4n) is 8.02. The zero-order valence-electron chi connectivity index (χ0n) is 23.2. The average molecular weight is 545 g/mol. The summed E-state index contributed by atoms with van der Waals surface area (Å²) in [7, 11) is 1.30. The van der Waals surface area contributed by atoms with Crippen LogP contribution in [0.3, 0.4) is 0 Å². The van der Waals surface area contributed by atoms with Crippen molar-refractivity contribution in [1.29, 1.82) is 0 Å². The molecule has 0 spiro atoms. The van der Waals surface area contributed by atoms with E-state index >= 15 is 0 Å². The molecule has 3 heterocycles. The molecule has 9 atom stereocenters. The number of methoxy groups -OCH3 is 1. The van der Waals surface area contributed by atoms with E-state index in [0.29, 0.717) is 22.5 Å². The molecule has 2 fully saturated rings. The fraction of sp³-hybridized carbons (Fsp3) is 0.621. The summed E-state index contributed by atoms with van der Waals surface area (Å²) in [5.41, 5.74) is -1.22. The van der Waals surface area contributed by atoms with Gasteiger partial charge >= 0.3 is 17.9 Å². The highest BCUT2D eigenvalue weighted by Gasteiger charge is 2.73. The van der Waals surface area contributed by atoms with Crippen molar-refractivity contribution in [1.82, 2.24) is 0 Å². The van der Waals surface area contributed by atoms with Crippen LogP contribution in [-0.4, -0.2) is 59.6 Å². The predicted molar refractivity (Wildman–Crippen MR) is 134 cm³/mol. The zero-order valence-corrected chi connectivity index (χ0v) is 23.2. The van der Waals surface area contributed by atoms with E-state index in [1.54, 1.807) is 6.07 Å². The third-order valence-electron chi connectivity index (χ3n) is 9.88. The van der Waals surface area contributed by atoms with E-state index in [0.717, 1.165) is 0 Å². The highest BCUT2D eigenvalue weighted by molar-refractivity contribution is 5.86. The quantitative estimate of drug-likeness (QED) is 0.429. The van der Waals surface area contributed by atoms with Crippen LogP contribution < -0.4 is 0 Å². The van der Waals surface area contributed by atoms with Crippen molar-refractivity contribution in [2.45, 2.75) is 78.5 Å². The van der Waals surface area contributed by atoms with Crippen LogP contribution in [0.15, 0.2) is 46.0 Å². The monoisotopic (exact) mass is 544 g/mol. The van der Waals surface area contributed by atoms with Crippen molar-refractivity contribution in [3.05, 3.63) is 47.1 Å². The third kappa shape index (κ3) is 3.64. The van der Waals surface area contributed by atoms with Gasteiger partial charge in [-0.05, 0) is 37.0 Å². The van der Waals surface area contributed by atoms with Gasteiger partial charge in [0.25, 0.3) is 0 Å². The highest BCUT2D eigenvalue weighted by Crippen LogP contribution is 2.69. The minimum Gasteiger partial charge on any atom is -0.491 e. The second kappa shape index (κ2) is 8.96. The molecular formula is C29H36O10. The Morgan fingerprint density at radius 2 is 1.82 bits per heavy atom. The van der Waals surface area contributed by atoms with Crippen LogP contribution in [-0.2, 0) is 33.3 Å². The molecule has 5 rings (SSSR count). The van der Waals surface area contributed by atoms with E-state index < -0.39 is 76.5 Å². The van der Waals surface area contributed by atoms with Gasteiger partial charge in [-0.2, -0.15) is 0 Å². The van der Waals surface area contributed by atoms with E-state index in [1.807, 2.05) is 34.6 Å². The Kier molecular flexibility index (Phi) is 6.31. The van der Waals surface area contributed by atoms with E-state index in [4.69, 9.17) is 23.4 Å². The minimum atomic E-state index is -1.26. The van der Waals surface area contributed by atoms with Crippen molar-refractivity contribution in [2.75, 3.05) is 7.11 Å². The van der Waals surface area contributed by atoms with Crippen LogP contribution in [0.25, 0.3) is 0 Å². The molecule has 0 amide bonds. The van der Waals surface area contributed by atoms with Crippen LogP contribution in [0.1, 0.15) is 59.6 Å². The topological polar surface area (TPSA) is 142 Å². The summed E-state index contributed by atoms with van der Waals surface area (Å²) in [6.45, 7) is 10.5. The number of hydrogen-bond donors (Lipinski definition) is 2. The summed E-state index contributed by atoms with van der Waals surface area (Å²) in [5.74, 6) is -2.40. The maximum absolute atomic E-state index is 12.8. The summed E-state index contributed by atoms with van der Waals surface area (Å²) >= 11 is 0. The second-order valence-electron chi connectivity index (χ2n) is 12.2. The van der Waals surface area contributed by atoms with E-state index in [2.05, 4.69) is 0 Å². The standard InChI is InChI=1S/C29H36O10/c1-13-16-10-19(32)38-24(15-8-9-36-12-15)28(16,5)23(34)20-22(13)39-26-21(33)25(37-14(2)30)27(3,4)17(29(20,26)6)11-18(31)35-7/h8-10,12,17,20-21,23-26,33-34H,11H2,1-7H3. The predicted octanol–water partition coefficient (Wildman–Crippen LogP) is 2.99. The smallest absolute Gasteiger partial charge is 0.331 e. The first-order valence-corrected chi connectivity index (χ1v) is 13.1. The molecule has 1 saturated heterocycles. The lowest BCUT2D eigenvalue weighted by molar-refractivity contribution is -0.232. The molecule has 1 aromatic heterocycles. The van der Waals surface area contributed by atoms with Gasteiger partial charge in [0.1, 0.15) is 30.2 Å². The number of aliphatic hydroxyl groups excluding tert-OH is 2. The number of esters is 3. The highest BCUT2D eigenvalue weighted by atomic mass is 16.6. The van der Waals surface area contributed by atoms with Crippen molar-refractivity contribution in [3.63, 3.8) is 0 Å². The number of allylic oxidation sites excluding steroid dienone is 1. The van der Waals surface area contributed by atoms with Gasteiger partial charge in [0, 0.05) is 35.8 Å². The Balaban J connectivity index is 1.72. The summed E-state index contributed by atoms with van der Waals surface area (Å²) in [6, 6.07) is 1.69. The van der Waals surface area contributed by atoms with Crippen LogP contribution >= 0.6 is 0 Å². The molecule has 4 aliphatic rings. The summed E-state index contributed by atoms with van der Waals surface area (Å²) in [6.07, 6.45) is -0.895. The Bertz CT molecular complexity index is 1260. The Morgan fingerprint density at radius 1 is 1.13 bits per heavy atom. The molecule has 0 aromatic carbocycles. The number of carbonyl (C=O) groups is 3. The number of carbonyl (C=O) groups excluding carboxylic acids is 3. The molecule has 2 aliphatic heterocycles. The van der Waals surface area contributed by atoms with Gasteiger partial charge in [-0.3, -0.25) is 9.59 Å². The van der Waals surface area contributed by atoms with E-state index in [1.165, 1.54) is 32.6 Å². The molecule has 2 N–H and O–H groups in total. The van der Waals surface area contributed by atoms with Gasteiger partial charge in [0.15, 0.2) is 0 Å². The van der Waals surface area contributed by atoms with Crippen molar-refractivity contribution in [3.8, 4) is 0 Å². The molecule has 0 radical (unpaired) electrons. The molecule has 2 aliphatic carbocycles. The summed E-state index contributed by atoms with van der Waals surface area (Å²) in [5, 5.41) is 24.0. The second-order valence-corrected chi connectivity index (χ2v) is 12.2. The number of fused-ring (bicyclic) bond motifs is 4. The molecule has 9 unspecified atom stereocenters. The van der Waals surface area contributed by atoms with Crippen LogP contribution in [0, 0.1) is 28.1 Å². The summed E-state index contributed by atoms with van der Waals surface area (Å²) < 4.78 is 28.2. The summed E-state index contributed by atoms with van der Waals surface area (Å²) in [4.78, 5) is 37.5. The van der Waals surface area contributed by atoms with Crippen LogP contribution in [0.4, 0.5) is 0 Å². The zero-order chi connectivity index (χ0) is 28.7. The molecule has 39 heavy (non-hydrogen) atoms. The third-order valence-corrected chi connectivity index (χ3v) is 9.88. The number of rotatable bonds is 4. The molecule has 212 valence electrons. The average Bonchev–Trinajstić information content (AvgIpc) is 3.51. The molecule has 0 bridgehead atoms. The fourth-order valence-corrected chi connectivity index (χ4v) is 8.02. The van der Waals surface area contributed by atoms with Crippen LogP contribution in [0.5, 0.6) is 0 Å². The lowest BCUT2D eigenvalue weighted by Gasteiger charge is -2.59. The van der Waals surface area contributed by atoms with Gasteiger partial charge in [-0.1, -0.05) is 20.8 Å². The Labute approximate surface area is 226 Å². The van der Waals surface area contributed by atoms with Gasteiger partial charge in [0.2, 0.25) is 0 Å².